The molecule has 0 N–H and O–H groups in total. The van der Waals surface area contributed by atoms with E-state index in [-0.39, 0.29) is 0 Å². The van der Waals surface area contributed by atoms with Gasteiger partial charge in [0.15, 0.2) is 5.79 Å². The maximum absolute atomic E-state index is 5.76. The molecular weight excluding hydrogens is 218 g/mol. The number of aromatic nitrogens is 2. The van der Waals surface area contributed by atoms with E-state index in [9.17, 15) is 0 Å². The molecule has 0 aliphatic carbocycles. The molecule has 5 nitrogen and oxygen atoms in total. The largest absolute Gasteiger partial charge is 0.351 e. The van der Waals surface area contributed by atoms with Crippen LogP contribution in [0.1, 0.15) is 18.5 Å². The summed E-state index contributed by atoms with van der Waals surface area (Å²) in [6, 6.07) is 2.01. The van der Waals surface area contributed by atoms with Crippen LogP contribution in [0.4, 0.5) is 5.82 Å². The van der Waals surface area contributed by atoms with Gasteiger partial charge in [0.05, 0.1) is 19.8 Å². The van der Waals surface area contributed by atoms with Crippen molar-refractivity contribution in [2.75, 3.05) is 31.2 Å². The van der Waals surface area contributed by atoms with E-state index in [4.69, 9.17) is 9.47 Å². The van der Waals surface area contributed by atoms with Gasteiger partial charge < -0.3 is 14.4 Å². The molecule has 1 spiro atoms. The van der Waals surface area contributed by atoms with Gasteiger partial charge in [0, 0.05) is 24.7 Å². The lowest BCUT2D eigenvalue weighted by molar-refractivity contribution is -0.161. The maximum Gasteiger partial charge on any atom is 0.186 e. The zero-order valence-corrected chi connectivity index (χ0v) is 10.1. The van der Waals surface area contributed by atoms with Crippen molar-refractivity contribution in [3.63, 3.8) is 0 Å². The molecule has 1 aromatic rings. The fraction of sp³-hybridized carbons (Fsp3) is 0.667. The van der Waals surface area contributed by atoms with Crippen LogP contribution >= 0.6 is 0 Å². The van der Waals surface area contributed by atoms with E-state index in [1.807, 2.05) is 13.0 Å². The molecule has 3 heterocycles. The molecule has 0 saturated carbocycles. The van der Waals surface area contributed by atoms with E-state index in [1.54, 1.807) is 6.33 Å². The van der Waals surface area contributed by atoms with Crippen LogP contribution < -0.4 is 4.90 Å². The molecule has 3 rings (SSSR count). The molecule has 0 unspecified atom stereocenters. The lowest BCUT2D eigenvalue weighted by Gasteiger charge is -2.39. The molecule has 5 heteroatoms. The summed E-state index contributed by atoms with van der Waals surface area (Å²) in [4.78, 5) is 10.7. The summed E-state index contributed by atoms with van der Waals surface area (Å²) in [5.41, 5.74) is 0.989. The second kappa shape index (κ2) is 4.23. The van der Waals surface area contributed by atoms with Crippen LogP contribution in [-0.4, -0.2) is 42.1 Å². The molecule has 2 aliphatic heterocycles. The summed E-state index contributed by atoms with van der Waals surface area (Å²) in [5.74, 6) is 0.576. The molecule has 2 saturated heterocycles. The minimum atomic E-state index is -0.392. The lowest BCUT2D eigenvalue weighted by atomic mass is 10.0. The van der Waals surface area contributed by atoms with Gasteiger partial charge in [0.2, 0.25) is 0 Å². The first-order chi connectivity index (χ1) is 8.27. The van der Waals surface area contributed by atoms with Gasteiger partial charge in [-0.15, -0.1) is 0 Å². The van der Waals surface area contributed by atoms with Crippen LogP contribution in [0.15, 0.2) is 12.4 Å². The Morgan fingerprint density at radius 1 is 1.29 bits per heavy atom. The molecule has 2 fully saturated rings. The van der Waals surface area contributed by atoms with Crippen LogP contribution in [-0.2, 0) is 9.47 Å². The van der Waals surface area contributed by atoms with E-state index in [1.165, 1.54) is 0 Å². The molecule has 0 bridgehead atoms. The number of hydrogen-bond donors (Lipinski definition) is 0. The third-order valence-corrected chi connectivity index (χ3v) is 3.34. The van der Waals surface area contributed by atoms with Crippen LogP contribution in [0.25, 0.3) is 0 Å². The van der Waals surface area contributed by atoms with Crippen LogP contribution in [0.2, 0.25) is 0 Å². The predicted octanol–water partition coefficient (Wildman–Crippen LogP) is 1.13. The third-order valence-electron chi connectivity index (χ3n) is 3.34. The van der Waals surface area contributed by atoms with Gasteiger partial charge in [-0.05, 0) is 13.3 Å². The molecular formula is C12H17N3O2. The van der Waals surface area contributed by atoms with E-state index in [0.717, 1.165) is 37.4 Å². The summed E-state index contributed by atoms with van der Waals surface area (Å²) in [7, 11) is 0. The Balaban J connectivity index is 1.79. The summed E-state index contributed by atoms with van der Waals surface area (Å²) in [6.45, 7) is 5.16. The molecule has 1 aromatic heterocycles. The first kappa shape index (κ1) is 10.9. The first-order valence-electron chi connectivity index (χ1n) is 6.09. The van der Waals surface area contributed by atoms with Gasteiger partial charge in [0.1, 0.15) is 12.1 Å². The van der Waals surface area contributed by atoms with Crippen LogP contribution in [0.5, 0.6) is 0 Å². The molecule has 0 radical (unpaired) electrons. The quantitative estimate of drug-likeness (QED) is 0.730. The monoisotopic (exact) mass is 235 g/mol. The fourth-order valence-corrected chi connectivity index (χ4v) is 2.53. The van der Waals surface area contributed by atoms with Crippen molar-refractivity contribution in [3.8, 4) is 0 Å². The van der Waals surface area contributed by atoms with Crippen molar-refractivity contribution in [3.05, 3.63) is 18.1 Å². The molecule has 2 aliphatic rings. The zero-order valence-electron chi connectivity index (χ0n) is 10.1. The highest BCUT2D eigenvalue weighted by Gasteiger charge is 2.41. The molecule has 92 valence electrons. The predicted molar refractivity (Wildman–Crippen MR) is 62.9 cm³/mol. The Morgan fingerprint density at radius 3 is 2.88 bits per heavy atom. The van der Waals surface area contributed by atoms with Gasteiger partial charge in [0.25, 0.3) is 0 Å². The second-order valence-corrected chi connectivity index (χ2v) is 4.65. The molecule has 0 aromatic carbocycles. The highest BCUT2D eigenvalue weighted by molar-refractivity contribution is 5.39. The molecule has 0 atom stereocenters. The van der Waals surface area contributed by atoms with Gasteiger partial charge in [-0.1, -0.05) is 0 Å². The van der Waals surface area contributed by atoms with E-state index >= 15 is 0 Å². The van der Waals surface area contributed by atoms with Crippen molar-refractivity contribution >= 4 is 5.82 Å². The van der Waals surface area contributed by atoms with Gasteiger partial charge in [-0.2, -0.15) is 0 Å². The summed E-state index contributed by atoms with van der Waals surface area (Å²) in [5, 5.41) is 0. The molecule has 0 amide bonds. The minimum absolute atomic E-state index is 0.392. The minimum Gasteiger partial charge on any atom is -0.351 e. The van der Waals surface area contributed by atoms with Crippen molar-refractivity contribution in [1.82, 2.24) is 9.97 Å². The van der Waals surface area contributed by atoms with E-state index < -0.39 is 5.79 Å². The first-order valence-corrected chi connectivity index (χ1v) is 6.09. The molecule has 17 heavy (non-hydrogen) atoms. The zero-order chi connectivity index (χ0) is 11.7. The Hall–Kier alpha value is -1.20. The van der Waals surface area contributed by atoms with Crippen LogP contribution in [0.3, 0.4) is 0 Å². The standard InChI is InChI=1S/C12H17N3O2/c1-10-7-11(14-9-13-10)15-4-2-3-12(8-15)16-5-6-17-12/h7,9H,2-6,8H2,1H3. The maximum atomic E-state index is 5.76. The lowest BCUT2D eigenvalue weighted by Crippen LogP contribution is -2.49. The van der Waals surface area contributed by atoms with Gasteiger partial charge >= 0.3 is 0 Å². The van der Waals surface area contributed by atoms with Crippen molar-refractivity contribution in [1.29, 1.82) is 0 Å². The van der Waals surface area contributed by atoms with Crippen LogP contribution in [0, 0.1) is 6.92 Å². The third kappa shape index (κ3) is 2.12. The highest BCUT2D eigenvalue weighted by Crippen LogP contribution is 2.31. The van der Waals surface area contributed by atoms with E-state index in [2.05, 4.69) is 14.9 Å². The number of aryl methyl sites for hydroxylation is 1. The van der Waals surface area contributed by atoms with E-state index in [0.29, 0.717) is 13.2 Å². The highest BCUT2D eigenvalue weighted by atomic mass is 16.7. The average molecular weight is 235 g/mol. The number of anilines is 1. The Kier molecular flexibility index (Phi) is 2.72. The van der Waals surface area contributed by atoms with Crippen molar-refractivity contribution in [2.45, 2.75) is 25.6 Å². The SMILES string of the molecule is Cc1cc(N2CCCC3(C2)OCCO3)ncn1. The fourth-order valence-electron chi connectivity index (χ4n) is 2.53. The second-order valence-electron chi connectivity index (χ2n) is 4.65. The smallest absolute Gasteiger partial charge is 0.186 e. The van der Waals surface area contributed by atoms with Gasteiger partial charge in [-0.25, -0.2) is 9.97 Å². The van der Waals surface area contributed by atoms with Crippen molar-refractivity contribution < 1.29 is 9.47 Å². The number of piperidine rings is 1. The number of hydrogen-bond acceptors (Lipinski definition) is 5. The van der Waals surface area contributed by atoms with Gasteiger partial charge in [-0.3, -0.25) is 0 Å². The number of rotatable bonds is 1. The Bertz CT molecular complexity index is 404. The Labute approximate surface area is 101 Å². The summed E-state index contributed by atoms with van der Waals surface area (Å²) in [6.07, 6.45) is 3.67. The normalized spacial score (nSPS) is 23.2. The average Bonchev–Trinajstić information content (AvgIpc) is 2.77. The topological polar surface area (TPSA) is 47.5 Å². The summed E-state index contributed by atoms with van der Waals surface area (Å²) < 4.78 is 11.5. The number of nitrogens with zero attached hydrogens (tertiary/aromatic N) is 3. The Morgan fingerprint density at radius 2 is 2.12 bits per heavy atom. The number of ether oxygens (including phenoxy) is 2. The summed E-state index contributed by atoms with van der Waals surface area (Å²) >= 11 is 0. The van der Waals surface area contributed by atoms with Crippen molar-refractivity contribution in [2.24, 2.45) is 0 Å².